The van der Waals surface area contributed by atoms with Gasteiger partial charge in [-0.15, -0.1) is 0 Å². The summed E-state index contributed by atoms with van der Waals surface area (Å²) in [4.78, 5) is 65.7. The average molecular weight is 707 g/mol. The van der Waals surface area contributed by atoms with Gasteiger partial charge < -0.3 is 26.4 Å². The fraction of sp³-hybridized carbons (Fsp3) is 0.275. The van der Waals surface area contributed by atoms with Crippen LogP contribution in [-0.4, -0.2) is 47.9 Å². The molecule has 0 aliphatic heterocycles. The first-order valence-electron chi connectivity index (χ1n) is 17.1. The van der Waals surface area contributed by atoms with E-state index in [9.17, 15) is 24.0 Å². The van der Waals surface area contributed by atoms with Crippen LogP contribution in [0.2, 0.25) is 0 Å². The molecule has 0 aliphatic rings. The van der Waals surface area contributed by atoms with E-state index in [-0.39, 0.29) is 31.6 Å². The van der Waals surface area contributed by atoms with Gasteiger partial charge in [0.15, 0.2) is 6.10 Å². The second-order valence-electron chi connectivity index (χ2n) is 12.8. The van der Waals surface area contributed by atoms with Crippen LogP contribution in [0.4, 0.5) is 4.79 Å². The lowest BCUT2D eigenvalue weighted by atomic mass is 9.77. The Kier molecular flexibility index (Phi) is 14.0. The molecule has 8 N–H and O–H groups in total. The van der Waals surface area contributed by atoms with Crippen molar-refractivity contribution >= 4 is 29.7 Å². The van der Waals surface area contributed by atoms with Gasteiger partial charge in [-0.2, -0.15) is 0 Å². The van der Waals surface area contributed by atoms with Crippen molar-refractivity contribution < 1.29 is 28.7 Å². The zero-order valence-corrected chi connectivity index (χ0v) is 29.3. The van der Waals surface area contributed by atoms with Crippen molar-refractivity contribution in [2.24, 2.45) is 17.5 Å². The van der Waals surface area contributed by atoms with E-state index in [1.54, 1.807) is 24.3 Å². The van der Waals surface area contributed by atoms with Gasteiger partial charge in [0.2, 0.25) is 11.8 Å². The van der Waals surface area contributed by atoms with Gasteiger partial charge >= 0.3 is 6.09 Å². The molecule has 0 aromatic heterocycles. The fourth-order valence-electron chi connectivity index (χ4n) is 6.07. The molecule has 272 valence electrons. The molecule has 0 saturated heterocycles. The SMILES string of the molecule is CC(C)C[C@@H](OC(N)=O)C(=O)N[C@H](Cc1ccccc1)C(=O)N[C@H](CCC(=O)NC(c1ccccc1)(c1ccccc1)c1ccccc1)C(=O)NN. The van der Waals surface area contributed by atoms with E-state index in [2.05, 4.69) is 21.4 Å². The first kappa shape index (κ1) is 38.8. The second kappa shape index (κ2) is 18.8. The zero-order chi connectivity index (χ0) is 37.5. The molecular weight excluding hydrogens is 660 g/mol. The summed E-state index contributed by atoms with van der Waals surface area (Å²) in [6.45, 7) is 3.68. The molecule has 4 aromatic rings. The largest absolute Gasteiger partial charge is 0.436 e. The van der Waals surface area contributed by atoms with Gasteiger partial charge in [-0.05, 0) is 41.0 Å². The Morgan fingerprint density at radius 2 is 1.12 bits per heavy atom. The van der Waals surface area contributed by atoms with Crippen LogP contribution in [0.25, 0.3) is 0 Å². The Hall–Kier alpha value is -6.01. The Bertz CT molecular complexity index is 1680. The molecule has 12 nitrogen and oxygen atoms in total. The number of hydrogen-bond donors (Lipinski definition) is 6. The van der Waals surface area contributed by atoms with Gasteiger partial charge in [0.05, 0.1) is 0 Å². The molecule has 4 aromatic carbocycles. The van der Waals surface area contributed by atoms with Crippen LogP contribution < -0.4 is 33.0 Å². The number of carbonyl (C=O) groups is 5. The minimum Gasteiger partial charge on any atom is -0.436 e. The monoisotopic (exact) mass is 706 g/mol. The number of primary amides is 1. The second-order valence-corrected chi connectivity index (χ2v) is 12.8. The van der Waals surface area contributed by atoms with Crippen molar-refractivity contribution in [3.8, 4) is 0 Å². The molecule has 0 saturated carbocycles. The number of hydrazine groups is 1. The lowest BCUT2D eigenvalue weighted by molar-refractivity contribution is -0.135. The summed E-state index contributed by atoms with van der Waals surface area (Å²) in [6, 6.07) is 35.2. The van der Waals surface area contributed by atoms with Crippen LogP contribution in [0.1, 0.15) is 55.4 Å². The summed E-state index contributed by atoms with van der Waals surface area (Å²) in [6.07, 6.45) is -2.45. The number of ether oxygens (including phenoxy) is 1. The average Bonchev–Trinajstić information content (AvgIpc) is 3.15. The predicted octanol–water partition coefficient (Wildman–Crippen LogP) is 3.59. The van der Waals surface area contributed by atoms with Crippen LogP contribution in [0.3, 0.4) is 0 Å². The molecule has 5 amide bonds. The lowest BCUT2D eigenvalue weighted by Gasteiger charge is -2.37. The molecule has 0 unspecified atom stereocenters. The number of amides is 5. The highest BCUT2D eigenvalue weighted by atomic mass is 16.6. The van der Waals surface area contributed by atoms with Crippen LogP contribution >= 0.6 is 0 Å². The van der Waals surface area contributed by atoms with Gasteiger partial charge in [0, 0.05) is 12.8 Å². The van der Waals surface area contributed by atoms with Crippen LogP contribution in [0.15, 0.2) is 121 Å². The molecule has 52 heavy (non-hydrogen) atoms. The van der Waals surface area contributed by atoms with Gasteiger partial charge in [-0.1, -0.05) is 135 Å². The lowest BCUT2D eigenvalue weighted by Crippen LogP contribution is -2.57. The highest BCUT2D eigenvalue weighted by Gasteiger charge is 2.38. The van der Waals surface area contributed by atoms with Gasteiger partial charge in [0.25, 0.3) is 11.8 Å². The fourth-order valence-corrected chi connectivity index (χ4v) is 6.07. The third kappa shape index (κ3) is 10.5. The normalized spacial score (nSPS) is 12.8. The van der Waals surface area contributed by atoms with E-state index >= 15 is 0 Å². The Morgan fingerprint density at radius 1 is 0.654 bits per heavy atom. The maximum atomic E-state index is 14.0. The first-order chi connectivity index (χ1) is 25.0. The molecular formula is C40H46N6O6. The van der Waals surface area contributed by atoms with Crippen LogP contribution in [-0.2, 0) is 35.9 Å². The Labute approximate surface area is 303 Å². The van der Waals surface area contributed by atoms with Crippen molar-refractivity contribution in [2.75, 3.05) is 0 Å². The van der Waals surface area contributed by atoms with Crippen LogP contribution in [0.5, 0.6) is 0 Å². The summed E-state index contributed by atoms with van der Waals surface area (Å²) in [7, 11) is 0. The van der Waals surface area contributed by atoms with Crippen molar-refractivity contribution in [1.29, 1.82) is 0 Å². The smallest absolute Gasteiger partial charge is 0.405 e. The zero-order valence-electron chi connectivity index (χ0n) is 29.3. The number of nitrogens with one attached hydrogen (secondary N) is 4. The number of nitrogens with two attached hydrogens (primary N) is 2. The number of rotatable bonds is 17. The number of carbonyl (C=O) groups excluding carboxylic acids is 5. The summed E-state index contributed by atoms with van der Waals surface area (Å²) in [5, 5.41) is 8.58. The molecule has 4 rings (SSSR count). The van der Waals surface area contributed by atoms with Crippen molar-refractivity contribution in [3.05, 3.63) is 144 Å². The molecule has 0 heterocycles. The highest BCUT2D eigenvalue weighted by Crippen LogP contribution is 2.37. The quantitative estimate of drug-likeness (QED) is 0.0418. The summed E-state index contributed by atoms with van der Waals surface area (Å²) in [5.41, 5.74) is 9.39. The Balaban J connectivity index is 1.58. The summed E-state index contributed by atoms with van der Waals surface area (Å²) in [5.74, 6) is 2.92. The first-order valence-corrected chi connectivity index (χ1v) is 17.1. The van der Waals surface area contributed by atoms with Gasteiger partial charge in [-0.25, -0.2) is 10.6 Å². The highest BCUT2D eigenvalue weighted by molar-refractivity contribution is 5.93. The van der Waals surface area contributed by atoms with Gasteiger partial charge in [-0.3, -0.25) is 24.6 Å². The predicted molar refractivity (Wildman–Crippen MR) is 197 cm³/mol. The minimum absolute atomic E-state index is 0.0373. The molecule has 0 fully saturated rings. The van der Waals surface area contributed by atoms with E-state index in [1.807, 2.05) is 111 Å². The standard InChI is InChI=1S/C40H46N6O6/c1-27(2)25-34(52-39(41)51)38(50)44-33(26-28-15-7-3-8-16-28)36(48)43-32(37(49)46-42)23-24-35(47)45-40(29-17-9-4-10-18-29,30-19-11-5-12-20-30)31-21-13-6-14-22-31/h3-22,27,32-34H,23-26,42H2,1-2H3,(H2,41,51)(H,43,48)(H,44,50)(H,45,47)(H,46,49)/t32-,33-,34-/m1/s1. The summed E-state index contributed by atoms with van der Waals surface area (Å²) >= 11 is 0. The van der Waals surface area contributed by atoms with E-state index < -0.39 is 53.4 Å². The van der Waals surface area contributed by atoms with Crippen molar-refractivity contribution in [1.82, 2.24) is 21.4 Å². The maximum Gasteiger partial charge on any atom is 0.405 e. The van der Waals surface area contributed by atoms with E-state index in [0.717, 1.165) is 22.3 Å². The minimum atomic E-state index is -1.24. The van der Waals surface area contributed by atoms with E-state index in [4.69, 9.17) is 16.3 Å². The maximum absolute atomic E-state index is 14.0. The van der Waals surface area contributed by atoms with Crippen molar-refractivity contribution in [2.45, 2.75) is 63.3 Å². The van der Waals surface area contributed by atoms with Gasteiger partial charge in [0.1, 0.15) is 17.6 Å². The topological polar surface area (TPSA) is 195 Å². The molecule has 0 bridgehead atoms. The van der Waals surface area contributed by atoms with Crippen LogP contribution in [0, 0.1) is 5.92 Å². The molecule has 0 radical (unpaired) electrons. The van der Waals surface area contributed by atoms with E-state index in [0.29, 0.717) is 0 Å². The Morgan fingerprint density at radius 3 is 1.56 bits per heavy atom. The molecule has 3 atom stereocenters. The third-order valence-corrected chi connectivity index (χ3v) is 8.53. The van der Waals surface area contributed by atoms with E-state index in [1.165, 1.54) is 0 Å². The summed E-state index contributed by atoms with van der Waals surface area (Å²) < 4.78 is 5.06. The van der Waals surface area contributed by atoms with Crippen molar-refractivity contribution in [3.63, 3.8) is 0 Å². The molecule has 0 aliphatic carbocycles. The molecule has 0 spiro atoms. The third-order valence-electron chi connectivity index (χ3n) is 8.53. The number of benzene rings is 4. The molecule has 12 heteroatoms. The number of hydrogen-bond acceptors (Lipinski definition) is 7.